The number of halogens is 1. The molecular formula is C22H24ClN7O. The van der Waals surface area contributed by atoms with E-state index in [-0.39, 0.29) is 5.91 Å². The second kappa shape index (κ2) is 8.47. The van der Waals surface area contributed by atoms with Gasteiger partial charge in [-0.2, -0.15) is 9.61 Å². The first kappa shape index (κ1) is 21.0. The lowest BCUT2D eigenvalue weighted by molar-refractivity contribution is -0.130. The van der Waals surface area contributed by atoms with Crippen LogP contribution in [0.4, 0.5) is 0 Å². The molecule has 0 aliphatic carbocycles. The maximum atomic E-state index is 12.7. The molecule has 0 atom stereocenters. The molecule has 4 aromatic rings. The van der Waals surface area contributed by atoms with Gasteiger partial charge in [0, 0.05) is 30.7 Å². The van der Waals surface area contributed by atoms with Crippen molar-refractivity contribution in [2.24, 2.45) is 0 Å². The number of nitrogens with zero attached hydrogens (tertiary/aromatic N) is 7. The molecule has 0 spiro atoms. The van der Waals surface area contributed by atoms with Gasteiger partial charge in [-0.25, -0.2) is 4.68 Å². The first-order chi connectivity index (χ1) is 14.8. The second-order valence-electron chi connectivity index (χ2n) is 7.65. The number of rotatable bonds is 6. The molecule has 0 saturated carbocycles. The van der Waals surface area contributed by atoms with Crippen LogP contribution in [-0.2, 0) is 17.8 Å². The topological polar surface area (TPSA) is 81.2 Å². The van der Waals surface area contributed by atoms with Gasteiger partial charge in [0.15, 0.2) is 17.3 Å². The Morgan fingerprint density at radius 2 is 1.90 bits per heavy atom. The highest BCUT2D eigenvalue weighted by atomic mass is 35.5. The Bertz CT molecular complexity index is 1260. The van der Waals surface area contributed by atoms with E-state index >= 15 is 0 Å². The number of amides is 1. The van der Waals surface area contributed by atoms with E-state index in [2.05, 4.69) is 20.4 Å². The molecule has 4 rings (SSSR count). The summed E-state index contributed by atoms with van der Waals surface area (Å²) in [6.07, 6.45) is 1.02. The van der Waals surface area contributed by atoms with E-state index in [0.29, 0.717) is 41.7 Å². The van der Waals surface area contributed by atoms with E-state index < -0.39 is 0 Å². The molecule has 0 unspecified atom stereocenters. The van der Waals surface area contributed by atoms with Gasteiger partial charge in [0.05, 0.1) is 5.69 Å². The summed E-state index contributed by atoms with van der Waals surface area (Å²) in [6, 6.07) is 11.3. The second-order valence-corrected chi connectivity index (χ2v) is 8.09. The fourth-order valence-electron chi connectivity index (χ4n) is 3.68. The van der Waals surface area contributed by atoms with Crippen molar-refractivity contribution in [1.82, 2.24) is 34.5 Å². The molecule has 0 aliphatic rings. The highest BCUT2D eigenvalue weighted by Gasteiger charge is 2.17. The van der Waals surface area contributed by atoms with Crippen LogP contribution in [0.2, 0.25) is 5.02 Å². The first-order valence-electron chi connectivity index (χ1n) is 10.1. The van der Waals surface area contributed by atoms with Crippen LogP contribution in [0.15, 0.2) is 36.4 Å². The average molecular weight is 438 g/mol. The quantitative estimate of drug-likeness (QED) is 0.461. The fourth-order valence-corrected chi connectivity index (χ4v) is 3.89. The number of aryl methyl sites for hydroxylation is 2. The molecule has 160 valence electrons. The number of hydrogen-bond acceptors (Lipinski definition) is 5. The van der Waals surface area contributed by atoms with Gasteiger partial charge in [0.2, 0.25) is 5.91 Å². The zero-order valence-electron chi connectivity index (χ0n) is 18.0. The number of carbonyl (C=O) groups is 1. The van der Waals surface area contributed by atoms with Crippen molar-refractivity contribution < 1.29 is 4.79 Å². The largest absolute Gasteiger partial charge is 0.341 e. The summed E-state index contributed by atoms with van der Waals surface area (Å²) in [7, 11) is 1.81. The third kappa shape index (κ3) is 4.29. The Morgan fingerprint density at radius 1 is 1.10 bits per heavy atom. The van der Waals surface area contributed by atoms with Crippen molar-refractivity contribution in [3.05, 3.63) is 69.8 Å². The zero-order chi connectivity index (χ0) is 22.1. The molecule has 0 N–H and O–H groups in total. The van der Waals surface area contributed by atoms with Gasteiger partial charge in [-0.05, 0) is 62.6 Å². The van der Waals surface area contributed by atoms with Gasteiger partial charge >= 0.3 is 0 Å². The molecule has 0 radical (unpaired) electrons. The highest BCUT2D eigenvalue weighted by Crippen LogP contribution is 2.20. The van der Waals surface area contributed by atoms with Gasteiger partial charge in [-0.3, -0.25) is 4.79 Å². The maximum Gasteiger partial charge on any atom is 0.222 e. The lowest BCUT2D eigenvalue weighted by atomic mass is 10.1. The molecule has 3 aromatic heterocycles. The van der Waals surface area contributed by atoms with E-state index in [1.54, 1.807) is 9.42 Å². The van der Waals surface area contributed by atoms with Gasteiger partial charge in [0.1, 0.15) is 0 Å². The Hall–Kier alpha value is -3.26. The van der Waals surface area contributed by atoms with E-state index in [1.807, 2.05) is 68.9 Å². The number of fused-ring (bicyclic) bond motifs is 1. The molecule has 0 saturated heterocycles. The van der Waals surface area contributed by atoms with Crippen molar-refractivity contribution in [3.8, 4) is 5.82 Å². The normalized spacial score (nSPS) is 11.3. The Morgan fingerprint density at radius 3 is 2.68 bits per heavy atom. The molecule has 31 heavy (non-hydrogen) atoms. The minimum Gasteiger partial charge on any atom is -0.341 e. The third-order valence-electron chi connectivity index (χ3n) is 5.39. The molecule has 0 fully saturated rings. The smallest absolute Gasteiger partial charge is 0.222 e. The Labute approximate surface area is 185 Å². The summed E-state index contributed by atoms with van der Waals surface area (Å²) in [5.41, 5.74) is 4.63. The standard InChI is InChI=1S/C22H24ClN7O/c1-14-19(8-11-22(31)28(4)13-17-6-5-7-18(23)12-17)15(2)29(26-14)21-10-9-20-25-24-16(3)30(20)27-21/h5-7,9-10,12H,8,11,13H2,1-4H3. The summed E-state index contributed by atoms with van der Waals surface area (Å²) in [4.78, 5) is 14.4. The van der Waals surface area contributed by atoms with E-state index in [9.17, 15) is 4.79 Å². The number of aromatic nitrogens is 6. The first-order valence-corrected chi connectivity index (χ1v) is 10.4. The summed E-state index contributed by atoms with van der Waals surface area (Å²) in [6.45, 7) is 6.34. The Kier molecular flexibility index (Phi) is 5.73. The van der Waals surface area contributed by atoms with Gasteiger partial charge < -0.3 is 4.90 Å². The van der Waals surface area contributed by atoms with Crippen molar-refractivity contribution in [2.45, 2.75) is 40.2 Å². The highest BCUT2D eigenvalue weighted by molar-refractivity contribution is 6.30. The third-order valence-corrected chi connectivity index (χ3v) is 5.62. The molecule has 0 bridgehead atoms. The maximum absolute atomic E-state index is 12.7. The molecule has 1 amide bonds. The van der Waals surface area contributed by atoms with E-state index in [0.717, 1.165) is 22.5 Å². The monoisotopic (exact) mass is 437 g/mol. The average Bonchev–Trinajstić information content (AvgIpc) is 3.25. The molecule has 3 heterocycles. The molecule has 1 aromatic carbocycles. The zero-order valence-corrected chi connectivity index (χ0v) is 18.8. The van der Waals surface area contributed by atoms with E-state index in [4.69, 9.17) is 11.6 Å². The minimum absolute atomic E-state index is 0.0752. The van der Waals surface area contributed by atoms with Gasteiger partial charge in [-0.15, -0.1) is 15.3 Å². The van der Waals surface area contributed by atoms with Gasteiger partial charge in [0.25, 0.3) is 0 Å². The lowest BCUT2D eigenvalue weighted by Crippen LogP contribution is -2.26. The Balaban J connectivity index is 1.48. The van der Waals surface area contributed by atoms with Crippen LogP contribution in [0.25, 0.3) is 11.5 Å². The predicted molar refractivity (Wildman–Crippen MR) is 118 cm³/mol. The molecule has 8 nitrogen and oxygen atoms in total. The lowest BCUT2D eigenvalue weighted by Gasteiger charge is -2.17. The number of hydrogen-bond donors (Lipinski definition) is 0. The van der Waals surface area contributed by atoms with Crippen LogP contribution in [0.1, 0.15) is 34.8 Å². The minimum atomic E-state index is 0.0752. The van der Waals surface area contributed by atoms with Crippen LogP contribution in [0.3, 0.4) is 0 Å². The number of benzene rings is 1. The van der Waals surface area contributed by atoms with Crippen LogP contribution in [0, 0.1) is 20.8 Å². The van der Waals surface area contributed by atoms with Crippen molar-refractivity contribution in [3.63, 3.8) is 0 Å². The van der Waals surface area contributed by atoms with Crippen molar-refractivity contribution in [2.75, 3.05) is 7.05 Å². The van der Waals surface area contributed by atoms with Crippen LogP contribution < -0.4 is 0 Å². The fraction of sp³-hybridized carbons (Fsp3) is 0.318. The van der Waals surface area contributed by atoms with Crippen LogP contribution >= 0.6 is 11.6 Å². The summed E-state index contributed by atoms with van der Waals surface area (Å²) >= 11 is 6.04. The van der Waals surface area contributed by atoms with Crippen molar-refractivity contribution >= 4 is 23.2 Å². The summed E-state index contributed by atoms with van der Waals surface area (Å²) < 4.78 is 3.50. The SMILES string of the molecule is Cc1nn(-c2ccc3nnc(C)n3n2)c(C)c1CCC(=O)N(C)Cc1cccc(Cl)c1. The summed E-state index contributed by atoms with van der Waals surface area (Å²) in [5.74, 6) is 1.48. The van der Waals surface area contributed by atoms with E-state index in [1.165, 1.54) is 0 Å². The summed E-state index contributed by atoms with van der Waals surface area (Å²) in [5, 5.41) is 18.1. The predicted octanol–water partition coefficient (Wildman–Crippen LogP) is 3.48. The van der Waals surface area contributed by atoms with Crippen LogP contribution in [0.5, 0.6) is 0 Å². The molecule has 0 aliphatic heterocycles. The van der Waals surface area contributed by atoms with Crippen molar-refractivity contribution in [1.29, 1.82) is 0 Å². The molecular weight excluding hydrogens is 414 g/mol. The van der Waals surface area contributed by atoms with Crippen LogP contribution in [-0.4, -0.2) is 47.4 Å². The van der Waals surface area contributed by atoms with Gasteiger partial charge in [-0.1, -0.05) is 23.7 Å². The molecule has 9 heteroatoms. The number of carbonyl (C=O) groups excluding carboxylic acids is 1.